The molecule has 0 saturated carbocycles. The van der Waals surface area contributed by atoms with Crippen molar-refractivity contribution < 1.29 is 19.1 Å². The number of anilines is 1. The van der Waals surface area contributed by atoms with E-state index in [2.05, 4.69) is 15.3 Å². The molecule has 1 saturated heterocycles. The van der Waals surface area contributed by atoms with E-state index >= 15 is 0 Å². The highest BCUT2D eigenvalue weighted by Crippen LogP contribution is 2.27. The lowest BCUT2D eigenvalue weighted by molar-refractivity contribution is -0.128. The smallest absolute Gasteiger partial charge is 0.350 e. The quantitative estimate of drug-likeness (QED) is 0.507. The zero-order chi connectivity index (χ0) is 22.8. The number of aromatic nitrogens is 2. The second-order valence-electron chi connectivity index (χ2n) is 7.64. The number of amides is 2. The van der Waals surface area contributed by atoms with E-state index in [1.54, 1.807) is 18.7 Å². The molecular weight excluding hydrogens is 452 g/mol. The minimum absolute atomic E-state index is 0.0504. The molecule has 4 rings (SSSR count). The fourth-order valence-corrected chi connectivity index (χ4v) is 4.86. The van der Waals surface area contributed by atoms with Gasteiger partial charge in [-0.15, -0.1) is 0 Å². The van der Waals surface area contributed by atoms with Crippen LogP contribution in [0.4, 0.5) is 5.13 Å². The zero-order valence-electron chi connectivity index (χ0n) is 17.7. The first-order valence-corrected chi connectivity index (χ1v) is 11.5. The minimum atomic E-state index is -0.463. The number of esters is 1. The van der Waals surface area contributed by atoms with Crippen LogP contribution < -0.4 is 5.32 Å². The summed E-state index contributed by atoms with van der Waals surface area (Å²) < 4.78 is 5.00. The van der Waals surface area contributed by atoms with Crippen LogP contribution in [0.3, 0.4) is 0 Å². The van der Waals surface area contributed by atoms with Gasteiger partial charge in [-0.2, -0.15) is 0 Å². The van der Waals surface area contributed by atoms with Gasteiger partial charge in [-0.25, -0.2) is 9.78 Å². The third-order valence-electron chi connectivity index (χ3n) is 5.45. The largest absolute Gasteiger partial charge is 0.462 e. The SMILES string of the molecule is CCOC(=O)c1sc(NC(=O)[C@H]2CC(=O)N(CCc3c[nH]c4ccc(Cl)cc34)C2)nc1C. The van der Waals surface area contributed by atoms with E-state index in [0.29, 0.717) is 40.2 Å². The second-order valence-corrected chi connectivity index (χ2v) is 9.07. The van der Waals surface area contributed by atoms with Crippen LogP contribution in [0.2, 0.25) is 5.02 Å². The molecule has 0 aliphatic carbocycles. The number of carbonyl (C=O) groups excluding carboxylic acids is 3. The number of carbonyl (C=O) groups is 3. The number of hydrogen-bond acceptors (Lipinski definition) is 6. The molecule has 3 aromatic rings. The number of nitrogens with zero attached hydrogens (tertiary/aromatic N) is 2. The average molecular weight is 475 g/mol. The average Bonchev–Trinajstić information content (AvgIpc) is 3.43. The van der Waals surface area contributed by atoms with Crippen molar-refractivity contribution in [1.82, 2.24) is 14.9 Å². The van der Waals surface area contributed by atoms with Crippen molar-refractivity contribution in [3.63, 3.8) is 0 Å². The number of aromatic amines is 1. The zero-order valence-corrected chi connectivity index (χ0v) is 19.3. The van der Waals surface area contributed by atoms with Gasteiger partial charge < -0.3 is 19.9 Å². The number of hydrogen-bond donors (Lipinski definition) is 2. The van der Waals surface area contributed by atoms with Crippen molar-refractivity contribution in [2.45, 2.75) is 26.7 Å². The number of aryl methyl sites for hydroxylation is 1. The van der Waals surface area contributed by atoms with E-state index in [4.69, 9.17) is 16.3 Å². The highest BCUT2D eigenvalue weighted by molar-refractivity contribution is 7.17. The Morgan fingerprint density at radius 1 is 1.41 bits per heavy atom. The molecule has 10 heteroatoms. The van der Waals surface area contributed by atoms with Gasteiger partial charge in [-0.1, -0.05) is 22.9 Å². The third-order valence-corrected chi connectivity index (χ3v) is 6.74. The molecular formula is C22H23ClN4O4S. The molecule has 32 heavy (non-hydrogen) atoms. The number of ether oxygens (including phenoxy) is 1. The minimum Gasteiger partial charge on any atom is -0.462 e. The maximum Gasteiger partial charge on any atom is 0.350 e. The molecule has 1 aliphatic rings. The van der Waals surface area contributed by atoms with Crippen molar-refractivity contribution in [3.8, 4) is 0 Å². The van der Waals surface area contributed by atoms with Crippen LogP contribution in [-0.2, 0) is 20.7 Å². The normalized spacial score (nSPS) is 16.0. The summed E-state index contributed by atoms with van der Waals surface area (Å²) in [7, 11) is 0. The summed E-state index contributed by atoms with van der Waals surface area (Å²) in [5, 5.41) is 4.78. The van der Waals surface area contributed by atoms with E-state index in [9.17, 15) is 14.4 Å². The number of halogens is 1. The number of rotatable bonds is 7. The van der Waals surface area contributed by atoms with Gasteiger partial charge in [-0.05, 0) is 44.0 Å². The van der Waals surface area contributed by atoms with E-state index < -0.39 is 11.9 Å². The van der Waals surface area contributed by atoms with Crippen LogP contribution in [-0.4, -0.2) is 52.3 Å². The Balaban J connectivity index is 1.36. The van der Waals surface area contributed by atoms with Gasteiger partial charge in [0.15, 0.2) is 5.13 Å². The molecule has 2 aromatic heterocycles. The van der Waals surface area contributed by atoms with Crippen LogP contribution in [0.25, 0.3) is 10.9 Å². The first-order valence-electron chi connectivity index (χ1n) is 10.3. The molecule has 168 valence electrons. The van der Waals surface area contributed by atoms with Gasteiger partial charge in [0.1, 0.15) is 4.88 Å². The number of likely N-dealkylation sites (tertiary alicyclic amines) is 1. The predicted octanol–water partition coefficient (Wildman–Crippen LogP) is 3.79. The number of nitrogens with one attached hydrogen (secondary N) is 2. The maximum atomic E-state index is 12.7. The third kappa shape index (κ3) is 4.63. The molecule has 1 aliphatic heterocycles. The van der Waals surface area contributed by atoms with Crippen LogP contribution >= 0.6 is 22.9 Å². The van der Waals surface area contributed by atoms with Gasteiger partial charge >= 0.3 is 5.97 Å². The van der Waals surface area contributed by atoms with Crippen molar-refractivity contribution in [3.05, 3.63) is 45.6 Å². The van der Waals surface area contributed by atoms with Gasteiger partial charge in [0.05, 0.1) is 18.2 Å². The summed E-state index contributed by atoms with van der Waals surface area (Å²) >= 11 is 7.19. The Morgan fingerprint density at radius 3 is 3.00 bits per heavy atom. The molecule has 0 spiro atoms. The van der Waals surface area contributed by atoms with Gasteiger partial charge in [0.25, 0.3) is 0 Å². The van der Waals surface area contributed by atoms with Gasteiger partial charge in [-0.3, -0.25) is 9.59 Å². The number of fused-ring (bicyclic) bond motifs is 1. The lowest BCUT2D eigenvalue weighted by Crippen LogP contribution is -2.30. The molecule has 0 radical (unpaired) electrons. The van der Waals surface area contributed by atoms with E-state index in [-0.39, 0.29) is 24.8 Å². The van der Waals surface area contributed by atoms with Gasteiger partial charge in [0, 0.05) is 41.6 Å². The molecule has 2 amide bonds. The summed E-state index contributed by atoms with van der Waals surface area (Å²) in [6.07, 6.45) is 2.74. The number of thiazole rings is 1. The topological polar surface area (TPSA) is 104 Å². The van der Waals surface area contributed by atoms with Crippen LogP contribution in [0.5, 0.6) is 0 Å². The fourth-order valence-electron chi connectivity index (χ4n) is 3.82. The first kappa shape index (κ1) is 22.3. The fraction of sp³-hybridized carbons (Fsp3) is 0.364. The predicted molar refractivity (Wildman–Crippen MR) is 123 cm³/mol. The maximum absolute atomic E-state index is 12.7. The van der Waals surface area contributed by atoms with Crippen LogP contribution in [0.15, 0.2) is 24.4 Å². The van der Waals surface area contributed by atoms with E-state index in [1.807, 2.05) is 24.4 Å². The first-order chi connectivity index (χ1) is 15.4. The van der Waals surface area contributed by atoms with Gasteiger partial charge in [0.2, 0.25) is 11.8 Å². The number of H-pyrrole nitrogens is 1. The molecule has 2 N–H and O–H groups in total. The molecule has 3 heterocycles. The van der Waals surface area contributed by atoms with E-state index in [0.717, 1.165) is 27.8 Å². The Labute approximate surface area is 193 Å². The Bertz CT molecular complexity index is 1190. The highest BCUT2D eigenvalue weighted by atomic mass is 35.5. The summed E-state index contributed by atoms with van der Waals surface area (Å²) in [5.41, 5.74) is 2.58. The van der Waals surface area contributed by atoms with Crippen LogP contribution in [0.1, 0.15) is 34.3 Å². The molecule has 1 atom stereocenters. The Kier molecular flexibility index (Phi) is 6.48. The number of benzene rings is 1. The lowest BCUT2D eigenvalue weighted by Gasteiger charge is -2.16. The van der Waals surface area contributed by atoms with Crippen molar-refractivity contribution in [2.75, 3.05) is 25.0 Å². The highest BCUT2D eigenvalue weighted by Gasteiger charge is 2.34. The van der Waals surface area contributed by atoms with Crippen molar-refractivity contribution in [2.24, 2.45) is 5.92 Å². The summed E-state index contributed by atoms with van der Waals surface area (Å²) in [4.78, 5) is 46.7. The standard InChI is InChI=1S/C22H23ClN4O4S/c1-3-31-21(30)19-12(2)25-22(32-19)26-20(29)14-8-18(28)27(11-14)7-6-13-10-24-17-5-4-15(23)9-16(13)17/h4-5,9-10,14,24H,3,6-8,11H2,1-2H3,(H,25,26,29)/t14-/m0/s1. The monoisotopic (exact) mass is 474 g/mol. The summed E-state index contributed by atoms with van der Waals surface area (Å²) in [6.45, 7) is 4.56. The Hall–Kier alpha value is -2.91. The molecule has 0 bridgehead atoms. The molecule has 1 fully saturated rings. The van der Waals surface area contributed by atoms with Crippen molar-refractivity contribution >= 4 is 56.8 Å². The second kappa shape index (κ2) is 9.30. The summed E-state index contributed by atoms with van der Waals surface area (Å²) in [6, 6.07) is 5.67. The van der Waals surface area contributed by atoms with Crippen LogP contribution in [0, 0.1) is 12.8 Å². The Morgan fingerprint density at radius 2 is 2.22 bits per heavy atom. The molecule has 1 aromatic carbocycles. The lowest BCUT2D eigenvalue weighted by atomic mass is 10.1. The van der Waals surface area contributed by atoms with E-state index in [1.165, 1.54) is 0 Å². The summed E-state index contributed by atoms with van der Waals surface area (Å²) in [5.74, 6) is -1.24. The molecule has 8 nitrogen and oxygen atoms in total. The molecule has 0 unspecified atom stereocenters. The van der Waals surface area contributed by atoms with Crippen molar-refractivity contribution in [1.29, 1.82) is 0 Å².